The molecule has 94 valence electrons. The fourth-order valence-corrected chi connectivity index (χ4v) is 1.76. The van der Waals surface area contributed by atoms with Crippen LogP contribution in [0.25, 0.3) is 0 Å². The number of primary amides is 1. The summed E-state index contributed by atoms with van der Waals surface area (Å²) in [6, 6.07) is 5.20. The third kappa shape index (κ3) is 4.07. The number of phenolic OH excluding ortho intramolecular Hbond substituents is 1. The molecule has 4 heteroatoms. The van der Waals surface area contributed by atoms with Gasteiger partial charge in [-0.15, -0.1) is 0 Å². The zero-order chi connectivity index (χ0) is 12.8. The number of phenols is 1. The molecule has 0 unspecified atom stereocenters. The van der Waals surface area contributed by atoms with Crippen molar-refractivity contribution >= 4 is 5.91 Å². The van der Waals surface area contributed by atoms with E-state index in [9.17, 15) is 9.90 Å². The normalized spacial score (nSPS) is 10.8. The molecule has 1 amide bonds. The summed E-state index contributed by atoms with van der Waals surface area (Å²) in [6.07, 6.45) is 0.214. The van der Waals surface area contributed by atoms with Gasteiger partial charge in [-0.05, 0) is 24.7 Å². The van der Waals surface area contributed by atoms with Crippen LogP contribution in [-0.4, -0.2) is 29.0 Å². The summed E-state index contributed by atoms with van der Waals surface area (Å²) in [5, 5.41) is 9.77. The molecule has 0 bridgehead atoms. The first kappa shape index (κ1) is 13.5. The van der Waals surface area contributed by atoms with Crippen molar-refractivity contribution in [3.05, 3.63) is 29.3 Å². The Balaban J connectivity index is 2.86. The second-order valence-corrected chi connectivity index (χ2v) is 4.07. The first-order chi connectivity index (χ1) is 8.06. The Morgan fingerprint density at radius 3 is 2.53 bits per heavy atom. The number of carbonyl (C=O) groups excluding carboxylic acids is 1. The summed E-state index contributed by atoms with van der Waals surface area (Å²) in [4.78, 5) is 13.0. The lowest BCUT2D eigenvalue weighted by atomic mass is 10.1. The van der Waals surface area contributed by atoms with Gasteiger partial charge < -0.3 is 10.8 Å². The summed E-state index contributed by atoms with van der Waals surface area (Å²) in [6.45, 7) is 6.69. The monoisotopic (exact) mass is 236 g/mol. The number of benzene rings is 1. The standard InChI is InChI=1S/C13H20N2O2/c1-3-15(4-2)9-11-7-10(8-13(14)17)5-6-12(11)16/h5-7,16H,3-4,8-9H2,1-2H3,(H2,14,17). The second-order valence-electron chi connectivity index (χ2n) is 4.07. The van der Waals surface area contributed by atoms with Gasteiger partial charge in [-0.1, -0.05) is 26.0 Å². The van der Waals surface area contributed by atoms with Crippen LogP contribution in [0.2, 0.25) is 0 Å². The van der Waals surface area contributed by atoms with E-state index in [1.165, 1.54) is 0 Å². The summed E-state index contributed by atoms with van der Waals surface area (Å²) < 4.78 is 0. The molecule has 0 aliphatic carbocycles. The van der Waals surface area contributed by atoms with Crippen LogP contribution in [0.3, 0.4) is 0 Å². The average molecular weight is 236 g/mol. The van der Waals surface area contributed by atoms with Gasteiger partial charge in [-0.3, -0.25) is 9.69 Å². The van der Waals surface area contributed by atoms with Gasteiger partial charge in [-0.2, -0.15) is 0 Å². The van der Waals surface area contributed by atoms with Crippen molar-refractivity contribution in [2.75, 3.05) is 13.1 Å². The lowest BCUT2D eigenvalue weighted by molar-refractivity contribution is -0.117. The molecule has 0 atom stereocenters. The molecule has 4 nitrogen and oxygen atoms in total. The lowest BCUT2D eigenvalue weighted by Gasteiger charge is -2.19. The van der Waals surface area contributed by atoms with Crippen molar-refractivity contribution in [2.45, 2.75) is 26.8 Å². The van der Waals surface area contributed by atoms with E-state index >= 15 is 0 Å². The highest BCUT2D eigenvalue weighted by atomic mass is 16.3. The van der Waals surface area contributed by atoms with Gasteiger partial charge >= 0.3 is 0 Å². The van der Waals surface area contributed by atoms with E-state index in [1.54, 1.807) is 12.1 Å². The van der Waals surface area contributed by atoms with E-state index < -0.39 is 0 Å². The Morgan fingerprint density at radius 2 is 2.00 bits per heavy atom. The van der Waals surface area contributed by atoms with E-state index in [0.717, 1.165) is 24.2 Å². The van der Waals surface area contributed by atoms with Crippen molar-refractivity contribution in [3.8, 4) is 5.75 Å². The Kier molecular flexibility index (Phi) is 4.97. The molecule has 0 heterocycles. The maximum atomic E-state index is 10.8. The fraction of sp³-hybridized carbons (Fsp3) is 0.462. The van der Waals surface area contributed by atoms with E-state index in [0.29, 0.717) is 6.54 Å². The molecule has 0 aliphatic rings. The molecule has 0 saturated heterocycles. The molecule has 1 aromatic carbocycles. The maximum Gasteiger partial charge on any atom is 0.221 e. The SMILES string of the molecule is CCN(CC)Cc1cc(CC(N)=O)ccc1O. The quantitative estimate of drug-likeness (QED) is 0.781. The molecule has 0 aliphatic heterocycles. The lowest BCUT2D eigenvalue weighted by Crippen LogP contribution is -2.22. The van der Waals surface area contributed by atoms with E-state index in [4.69, 9.17) is 5.73 Å². The Bertz CT molecular complexity index is 387. The molecule has 1 aromatic rings. The van der Waals surface area contributed by atoms with Gasteiger partial charge in [0.05, 0.1) is 6.42 Å². The molecule has 0 saturated carbocycles. The van der Waals surface area contributed by atoms with Crippen molar-refractivity contribution < 1.29 is 9.90 Å². The number of aromatic hydroxyl groups is 1. The number of nitrogens with two attached hydrogens (primary N) is 1. The number of amides is 1. The van der Waals surface area contributed by atoms with E-state index in [-0.39, 0.29) is 18.1 Å². The van der Waals surface area contributed by atoms with Crippen LogP contribution in [0.1, 0.15) is 25.0 Å². The topological polar surface area (TPSA) is 66.6 Å². The van der Waals surface area contributed by atoms with Crippen LogP contribution in [0.4, 0.5) is 0 Å². The predicted octanol–water partition coefficient (Wildman–Crippen LogP) is 1.26. The summed E-state index contributed by atoms with van der Waals surface area (Å²) in [5.41, 5.74) is 6.84. The molecule has 0 radical (unpaired) electrons. The number of hydrogen-bond acceptors (Lipinski definition) is 3. The maximum absolute atomic E-state index is 10.8. The average Bonchev–Trinajstić information content (AvgIpc) is 2.29. The molecular formula is C13H20N2O2. The minimum absolute atomic E-state index is 0.214. The fourth-order valence-electron chi connectivity index (χ4n) is 1.76. The minimum atomic E-state index is -0.357. The van der Waals surface area contributed by atoms with Crippen molar-refractivity contribution in [1.82, 2.24) is 4.90 Å². The Hall–Kier alpha value is -1.55. The molecule has 0 spiro atoms. The number of nitrogens with zero attached hydrogens (tertiary/aromatic N) is 1. The third-order valence-electron chi connectivity index (χ3n) is 2.81. The van der Waals surface area contributed by atoms with Gasteiger partial charge in [0, 0.05) is 12.1 Å². The van der Waals surface area contributed by atoms with Crippen LogP contribution in [0.15, 0.2) is 18.2 Å². The van der Waals surface area contributed by atoms with Crippen molar-refractivity contribution in [3.63, 3.8) is 0 Å². The van der Waals surface area contributed by atoms with Gasteiger partial charge in [0.25, 0.3) is 0 Å². The Morgan fingerprint density at radius 1 is 1.35 bits per heavy atom. The van der Waals surface area contributed by atoms with Crippen LogP contribution >= 0.6 is 0 Å². The first-order valence-corrected chi connectivity index (χ1v) is 5.88. The highest BCUT2D eigenvalue weighted by molar-refractivity contribution is 5.76. The number of hydrogen-bond donors (Lipinski definition) is 2. The molecule has 1 rings (SSSR count). The van der Waals surface area contributed by atoms with E-state index in [1.807, 2.05) is 6.07 Å². The van der Waals surface area contributed by atoms with Crippen LogP contribution < -0.4 is 5.73 Å². The smallest absolute Gasteiger partial charge is 0.221 e. The van der Waals surface area contributed by atoms with Crippen LogP contribution in [0.5, 0.6) is 5.75 Å². The summed E-state index contributed by atoms with van der Waals surface area (Å²) in [5.74, 6) is -0.0883. The number of rotatable bonds is 6. The second kappa shape index (κ2) is 6.25. The molecule has 0 fully saturated rings. The van der Waals surface area contributed by atoms with Crippen molar-refractivity contribution in [1.29, 1.82) is 0 Å². The zero-order valence-corrected chi connectivity index (χ0v) is 10.4. The molecule has 3 N–H and O–H groups in total. The third-order valence-corrected chi connectivity index (χ3v) is 2.81. The summed E-state index contributed by atoms with van der Waals surface area (Å²) >= 11 is 0. The van der Waals surface area contributed by atoms with E-state index in [2.05, 4.69) is 18.7 Å². The first-order valence-electron chi connectivity index (χ1n) is 5.88. The van der Waals surface area contributed by atoms with Crippen LogP contribution in [0, 0.1) is 0 Å². The largest absolute Gasteiger partial charge is 0.508 e. The van der Waals surface area contributed by atoms with Gasteiger partial charge in [0.1, 0.15) is 5.75 Å². The minimum Gasteiger partial charge on any atom is -0.508 e. The van der Waals surface area contributed by atoms with Gasteiger partial charge in [0.2, 0.25) is 5.91 Å². The summed E-state index contributed by atoms with van der Waals surface area (Å²) in [7, 11) is 0. The van der Waals surface area contributed by atoms with Gasteiger partial charge in [-0.25, -0.2) is 0 Å². The molecule has 17 heavy (non-hydrogen) atoms. The zero-order valence-electron chi connectivity index (χ0n) is 10.4. The van der Waals surface area contributed by atoms with Gasteiger partial charge in [0.15, 0.2) is 0 Å². The number of carbonyl (C=O) groups is 1. The predicted molar refractivity (Wildman–Crippen MR) is 67.6 cm³/mol. The highest BCUT2D eigenvalue weighted by Crippen LogP contribution is 2.20. The van der Waals surface area contributed by atoms with Crippen molar-refractivity contribution in [2.24, 2.45) is 5.73 Å². The molecule has 0 aromatic heterocycles. The Labute approximate surface area is 102 Å². The molecular weight excluding hydrogens is 216 g/mol. The van der Waals surface area contributed by atoms with Crippen LogP contribution in [-0.2, 0) is 17.8 Å². The highest BCUT2D eigenvalue weighted by Gasteiger charge is 2.08.